The molecule has 3 atom stereocenters. The van der Waals surface area contributed by atoms with Crippen LogP contribution in [0.25, 0.3) is 0 Å². The van der Waals surface area contributed by atoms with E-state index >= 15 is 0 Å². The van der Waals surface area contributed by atoms with Crippen LogP contribution in [0.2, 0.25) is 0 Å². The molecule has 1 saturated heterocycles. The van der Waals surface area contributed by atoms with E-state index in [1.165, 1.54) is 32.2 Å². The third kappa shape index (κ3) is 5.95. The molecule has 5 heteroatoms. The predicted octanol–water partition coefficient (Wildman–Crippen LogP) is 4.86. The number of methoxy groups -OCH3 is 1. The number of nitrogens with zero attached hydrogens (tertiary/aromatic N) is 1. The van der Waals surface area contributed by atoms with Gasteiger partial charge >= 0.3 is 0 Å². The molecule has 1 aliphatic heterocycles. The van der Waals surface area contributed by atoms with Crippen molar-refractivity contribution >= 4 is 11.6 Å². The number of hydrogen-bond acceptors (Lipinski definition) is 4. The lowest BCUT2D eigenvalue weighted by atomic mass is 9.78. The number of likely N-dealkylation sites (tertiary alicyclic amines) is 1. The van der Waals surface area contributed by atoms with Gasteiger partial charge < -0.3 is 19.7 Å². The summed E-state index contributed by atoms with van der Waals surface area (Å²) in [6.07, 6.45) is 8.81. The Labute approximate surface area is 176 Å². The van der Waals surface area contributed by atoms with Crippen LogP contribution in [0.1, 0.15) is 65.2 Å². The van der Waals surface area contributed by atoms with E-state index in [1.54, 1.807) is 7.11 Å². The molecule has 1 amide bonds. The van der Waals surface area contributed by atoms with Gasteiger partial charge in [0.1, 0.15) is 11.4 Å². The normalized spacial score (nSPS) is 28.1. The van der Waals surface area contributed by atoms with E-state index in [1.807, 2.05) is 24.3 Å². The second-order valence-corrected chi connectivity index (χ2v) is 8.96. The molecule has 0 bridgehead atoms. The first-order valence-corrected chi connectivity index (χ1v) is 11.4. The average Bonchev–Trinajstić information content (AvgIpc) is 2.73. The predicted molar refractivity (Wildman–Crippen MR) is 117 cm³/mol. The monoisotopic (exact) mass is 402 g/mol. The van der Waals surface area contributed by atoms with Crippen LogP contribution in [0.5, 0.6) is 5.75 Å². The minimum Gasteiger partial charge on any atom is -0.494 e. The van der Waals surface area contributed by atoms with Crippen LogP contribution in [-0.4, -0.2) is 49.3 Å². The molecule has 162 valence electrons. The Hall–Kier alpha value is -1.59. The molecule has 2 aliphatic rings. The zero-order valence-electron chi connectivity index (χ0n) is 18.4. The van der Waals surface area contributed by atoms with Crippen LogP contribution in [0, 0.1) is 5.92 Å². The van der Waals surface area contributed by atoms with Crippen molar-refractivity contribution in [3.63, 3.8) is 0 Å². The molecule has 0 spiro atoms. The van der Waals surface area contributed by atoms with Gasteiger partial charge in [-0.05, 0) is 82.2 Å². The van der Waals surface area contributed by atoms with Gasteiger partial charge in [0.05, 0.1) is 6.61 Å². The molecule has 2 fully saturated rings. The summed E-state index contributed by atoms with van der Waals surface area (Å²) in [5.74, 6) is 1.33. The Kier molecular flexibility index (Phi) is 7.96. The Morgan fingerprint density at radius 3 is 2.66 bits per heavy atom. The number of carbonyl (C=O) groups is 1. The number of nitrogens with one attached hydrogen (secondary N) is 1. The summed E-state index contributed by atoms with van der Waals surface area (Å²) in [7, 11) is 1.65. The summed E-state index contributed by atoms with van der Waals surface area (Å²) < 4.78 is 11.6. The number of ether oxygens (including phenoxy) is 2. The summed E-state index contributed by atoms with van der Waals surface area (Å²) in [5.41, 5.74) is 0.0949. The number of benzene rings is 1. The highest BCUT2D eigenvalue weighted by Crippen LogP contribution is 2.35. The van der Waals surface area contributed by atoms with Gasteiger partial charge in [-0.3, -0.25) is 4.79 Å². The fourth-order valence-corrected chi connectivity index (χ4v) is 4.81. The van der Waals surface area contributed by atoms with Crippen LogP contribution >= 0.6 is 0 Å². The van der Waals surface area contributed by atoms with Crippen LogP contribution in [0.15, 0.2) is 24.3 Å². The summed E-state index contributed by atoms with van der Waals surface area (Å²) >= 11 is 0. The van der Waals surface area contributed by atoms with E-state index in [0.717, 1.165) is 50.3 Å². The molecule has 1 aromatic carbocycles. The number of carbonyl (C=O) groups excluding carboxylic acids is 1. The SMILES string of the molecule is CO[C@]1(C(=O)Nc2ccc(OCCCN3CCCC[C@H]3C)cc2)CCC[C@@H](C)C1. The summed E-state index contributed by atoms with van der Waals surface area (Å²) in [4.78, 5) is 15.4. The zero-order valence-corrected chi connectivity index (χ0v) is 18.4. The fourth-order valence-electron chi connectivity index (χ4n) is 4.81. The molecule has 3 rings (SSSR count). The topological polar surface area (TPSA) is 50.8 Å². The maximum absolute atomic E-state index is 12.9. The lowest BCUT2D eigenvalue weighted by Crippen LogP contribution is -2.47. The van der Waals surface area contributed by atoms with Gasteiger partial charge in [0, 0.05) is 25.4 Å². The molecule has 5 nitrogen and oxygen atoms in total. The molecule has 0 aromatic heterocycles. The Balaban J connectivity index is 1.44. The third-order valence-electron chi connectivity index (χ3n) is 6.67. The van der Waals surface area contributed by atoms with Gasteiger partial charge in [-0.15, -0.1) is 0 Å². The summed E-state index contributed by atoms with van der Waals surface area (Å²) in [5, 5.41) is 3.04. The van der Waals surface area contributed by atoms with Gasteiger partial charge in [-0.2, -0.15) is 0 Å². The van der Waals surface area contributed by atoms with Crippen molar-refractivity contribution in [1.29, 1.82) is 0 Å². The van der Waals surface area contributed by atoms with Crippen molar-refractivity contribution in [3.8, 4) is 5.75 Å². The first kappa shape index (κ1) is 22.1. The maximum Gasteiger partial charge on any atom is 0.256 e. The quantitative estimate of drug-likeness (QED) is 0.631. The van der Waals surface area contributed by atoms with Gasteiger partial charge in [-0.25, -0.2) is 0 Å². The standard InChI is InChI=1S/C24H38N2O3/c1-19-8-6-14-24(18-19,28-3)23(27)25-21-10-12-22(13-11-21)29-17-7-16-26-15-5-4-9-20(26)2/h10-13,19-20H,4-9,14-18H2,1-3H3,(H,25,27)/t19-,20-,24-/m1/s1. The minimum atomic E-state index is -0.696. The highest BCUT2D eigenvalue weighted by Gasteiger charge is 2.41. The van der Waals surface area contributed by atoms with Gasteiger partial charge in [0.25, 0.3) is 5.91 Å². The molecule has 0 unspecified atom stereocenters. The van der Waals surface area contributed by atoms with E-state index in [9.17, 15) is 4.79 Å². The summed E-state index contributed by atoms with van der Waals surface area (Å²) in [6, 6.07) is 8.39. The minimum absolute atomic E-state index is 0.0316. The van der Waals surface area contributed by atoms with Crippen molar-refractivity contribution in [2.24, 2.45) is 5.92 Å². The molecule has 29 heavy (non-hydrogen) atoms. The number of anilines is 1. The highest BCUT2D eigenvalue weighted by molar-refractivity contribution is 5.97. The van der Waals surface area contributed by atoms with E-state index < -0.39 is 5.60 Å². The molecule has 1 N–H and O–H groups in total. The van der Waals surface area contributed by atoms with Crippen LogP contribution < -0.4 is 10.1 Å². The second-order valence-electron chi connectivity index (χ2n) is 8.96. The first-order valence-electron chi connectivity index (χ1n) is 11.4. The lowest BCUT2D eigenvalue weighted by molar-refractivity contribution is -0.143. The molecule has 1 aliphatic carbocycles. The number of amides is 1. The average molecular weight is 403 g/mol. The van der Waals surface area contributed by atoms with Gasteiger partial charge in [0.2, 0.25) is 0 Å². The third-order valence-corrected chi connectivity index (χ3v) is 6.67. The largest absolute Gasteiger partial charge is 0.494 e. The molecule has 0 radical (unpaired) electrons. The number of piperidine rings is 1. The number of rotatable bonds is 8. The molecule has 1 aromatic rings. The van der Waals surface area contributed by atoms with Crippen LogP contribution in [0.3, 0.4) is 0 Å². The van der Waals surface area contributed by atoms with E-state index in [4.69, 9.17) is 9.47 Å². The van der Waals surface area contributed by atoms with Crippen molar-refractivity contribution in [2.75, 3.05) is 32.1 Å². The van der Waals surface area contributed by atoms with E-state index in [2.05, 4.69) is 24.1 Å². The Morgan fingerprint density at radius 2 is 1.97 bits per heavy atom. The highest BCUT2D eigenvalue weighted by atomic mass is 16.5. The summed E-state index contributed by atoms with van der Waals surface area (Å²) in [6.45, 7) is 7.57. The van der Waals surface area contributed by atoms with Crippen molar-refractivity contribution in [1.82, 2.24) is 4.90 Å². The second kappa shape index (κ2) is 10.4. The van der Waals surface area contributed by atoms with E-state index in [0.29, 0.717) is 12.0 Å². The maximum atomic E-state index is 12.9. The van der Waals surface area contributed by atoms with Crippen LogP contribution in [-0.2, 0) is 9.53 Å². The lowest BCUT2D eigenvalue weighted by Gasteiger charge is -2.37. The first-order chi connectivity index (χ1) is 14.0. The molecule has 1 saturated carbocycles. The zero-order chi connectivity index (χ0) is 20.7. The van der Waals surface area contributed by atoms with Crippen molar-refractivity contribution < 1.29 is 14.3 Å². The Morgan fingerprint density at radius 1 is 1.17 bits per heavy atom. The molecular weight excluding hydrogens is 364 g/mol. The molecular formula is C24H38N2O3. The Bertz CT molecular complexity index is 648. The van der Waals surface area contributed by atoms with Crippen molar-refractivity contribution in [3.05, 3.63) is 24.3 Å². The smallest absolute Gasteiger partial charge is 0.256 e. The van der Waals surface area contributed by atoms with E-state index in [-0.39, 0.29) is 5.91 Å². The fraction of sp³-hybridized carbons (Fsp3) is 0.708. The number of hydrogen-bond donors (Lipinski definition) is 1. The van der Waals surface area contributed by atoms with Crippen LogP contribution in [0.4, 0.5) is 5.69 Å². The van der Waals surface area contributed by atoms with Gasteiger partial charge in [0.15, 0.2) is 0 Å². The van der Waals surface area contributed by atoms with Crippen molar-refractivity contribution in [2.45, 2.75) is 76.9 Å². The van der Waals surface area contributed by atoms with Gasteiger partial charge in [-0.1, -0.05) is 19.8 Å². The molecule has 1 heterocycles.